The fraction of sp³-hybridized carbons (Fsp3) is 0.750. The summed E-state index contributed by atoms with van der Waals surface area (Å²) < 4.78 is 5.17. The van der Waals surface area contributed by atoms with Crippen LogP contribution in [0.25, 0.3) is 0 Å². The summed E-state index contributed by atoms with van der Waals surface area (Å²) in [6.07, 6.45) is 1.87. The number of rotatable bonds is 1. The minimum Gasteiger partial charge on any atom is -0.477 e. The second-order valence-electron chi connectivity index (χ2n) is 3.41. The molecular formula is C8H11NO4. The van der Waals surface area contributed by atoms with Crippen molar-refractivity contribution in [3.8, 4) is 0 Å². The first-order valence-electron chi connectivity index (χ1n) is 4.28. The summed E-state index contributed by atoms with van der Waals surface area (Å²) in [4.78, 5) is 15.8. The highest BCUT2D eigenvalue weighted by Crippen LogP contribution is 2.33. The summed E-state index contributed by atoms with van der Waals surface area (Å²) in [7, 11) is 0. The van der Waals surface area contributed by atoms with Crippen LogP contribution in [0.1, 0.15) is 19.3 Å². The van der Waals surface area contributed by atoms with Crippen LogP contribution in [0.5, 0.6) is 0 Å². The van der Waals surface area contributed by atoms with Crippen molar-refractivity contribution in [2.45, 2.75) is 24.9 Å². The van der Waals surface area contributed by atoms with Gasteiger partial charge >= 0.3 is 5.97 Å². The van der Waals surface area contributed by atoms with Crippen molar-refractivity contribution < 1.29 is 19.5 Å². The molecule has 1 fully saturated rings. The predicted molar refractivity (Wildman–Crippen MR) is 43.6 cm³/mol. The molecular weight excluding hydrogens is 174 g/mol. The number of carboxylic acid groups (broad SMARTS) is 1. The molecule has 0 amide bonds. The van der Waals surface area contributed by atoms with Gasteiger partial charge in [0.15, 0.2) is 5.71 Å². The van der Waals surface area contributed by atoms with Crippen molar-refractivity contribution in [1.82, 2.24) is 0 Å². The highest BCUT2D eigenvalue weighted by Gasteiger charge is 2.42. The molecule has 0 saturated carbocycles. The minimum atomic E-state index is -0.983. The maximum Gasteiger partial charge on any atom is 0.353 e. The largest absolute Gasteiger partial charge is 0.477 e. The molecule has 0 aromatic heterocycles. The van der Waals surface area contributed by atoms with Crippen molar-refractivity contribution in [1.29, 1.82) is 0 Å². The Hall–Kier alpha value is -1.10. The van der Waals surface area contributed by atoms with Crippen LogP contribution in [-0.2, 0) is 14.4 Å². The second kappa shape index (κ2) is 2.99. The first kappa shape index (κ1) is 8.50. The fourth-order valence-corrected chi connectivity index (χ4v) is 1.65. The SMILES string of the molecule is O=C(O)C1=NOC2(CCOCC2)C1. The number of ether oxygens (including phenoxy) is 1. The van der Waals surface area contributed by atoms with Crippen molar-refractivity contribution in [2.24, 2.45) is 5.16 Å². The average molecular weight is 185 g/mol. The Bertz CT molecular complexity index is 255. The topological polar surface area (TPSA) is 68.1 Å². The van der Waals surface area contributed by atoms with Gasteiger partial charge in [-0.3, -0.25) is 0 Å². The third-order valence-electron chi connectivity index (χ3n) is 2.49. The van der Waals surface area contributed by atoms with E-state index in [1.165, 1.54) is 0 Å². The molecule has 0 unspecified atom stereocenters. The lowest BCUT2D eigenvalue weighted by molar-refractivity contribution is -0.129. The van der Waals surface area contributed by atoms with Crippen LogP contribution < -0.4 is 0 Å². The molecule has 0 atom stereocenters. The van der Waals surface area contributed by atoms with Crippen molar-refractivity contribution in [2.75, 3.05) is 13.2 Å². The molecule has 0 bridgehead atoms. The Morgan fingerprint density at radius 2 is 2.15 bits per heavy atom. The van der Waals surface area contributed by atoms with E-state index in [-0.39, 0.29) is 11.3 Å². The van der Waals surface area contributed by atoms with Crippen LogP contribution in [0.4, 0.5) is 0 Å². The number of hydrogen-bond acceptors (Lipinski definition) is 4. The monoisotopic (exact) mass is 185 g/mol. The van der Waals surface area contributed by atoms with Gasteiger partial charge in [0.05, 0.1) is 13.2 Å². The Morgan fingerprint density at radius 3 is 2.69 bits per heavy atom. The summed E-state index contributed by atoms with van der Waals surface area (Å²) >= 11 is 0. The smallest absolute Gasteiger partial charge is 0.353 e. The minimum absolute atomic E-state index is 0.127. The third kappa shape index (κ3) is 1.51. The van der Waals surface area contributed by atoms with Crippen molar-refractivity contribution in [3.05, 3.63) is 0 Å². The standard InChI is InChI=1S/C8H11NO4/c10-7(11)6-5-8(13-9-6)1-3-12-4-2-8/h1-5H2,(H,10,11). The van der Waals surface area contributed by atoms with Gasteiger partial charge in [0.1, 0.15) is 5.60 Å². The molecule has 1 saturated heterocycles. The quantitative estimate of drug-likeness (QED) is 0.641. The summed E-state index contributed by atoms with van der Waals surface area (Å²) in [6.45, 7) is 1.25. The van der Waals surface area contributed by atoms with Crippen LogP contribution in [0.15, 0.2) is 5.16 Å². The van der Waals surface area contributed by atoms with Gasteiger partial charge in [0.2, 0.25) is 0 Å². The number of hydrogen-bond donors (Lipinski definition) is 1. The van der Waals surface area contributed by atoms with Gasteiger partial charge in [0, 0.05) is 19.3 Å². The lowest BCUT2D eigenvalue weighted by atomic mass is 9.89. The van der Waals surface area contributed by atoms with Crippen LogP contribution in [0.3, 0.4) is 0 Å². The third-order valence-corrected chi connectivity index (χ3v) is 2.49. The zero-order valence-corrected chi connectivity index (χ0v) is 7.15. The highest BCUT2D eigenvalue weighted by molar-refractivity contribution is 6.36. The number of aliphatic carboxylic acids is 1. The Morgan fingerprint density at radius 1 is 1.46 bits per heavy atom. The van der Waals surface area contributed by atoms with E-state index in [1.807, 2.05) is 0 Å². The molecule has 0 aromatic carbocycles. The predicted octanol–water partition coefficient (Wildman–Crippen LogP) is 0.397. The van der Waals surface area contributed by atoms with Gasteiger partial charge in [-0.25, -0.2) is 4.79 Å². The molecule has 72 valence electrons. The first-order valence-corrected chi connectivity index (χ1v) is 4.28. The molecule has 2 rings (SSSR count). The lowest BCUT2D eigenvalue weighted by Gasteiger charge is -2.30. The summed E-state index contributed by atoms with van der Waals surface area (Å²) in [5, 5.41) is 12.3. The Labute approximate surface area is 75.3 Å². The molecule has 2 aliphatic heterocycles. The Balaban J connectivity index is 2.02. The van der Waals surface area contributed by atoms with Gasteiger partial charge in [-0.1, -0.05) is 5.16 Å². The van der Waals surface area contributed by atoms with Crippen LogP contribution in [0.2, 0.25) is 0 Å². The average Bonchev–Trinajstić information content (AvgIpc) is 2.51. The van der Waals surface area contributed by atoms with E-state index >= 15 is 0 Å². The van der Waals surface area contributed by atoms with E-state index < -0.39 is 5.97 Å². The number of nitrogens with zero attached hydrogens (tertiary/aromatic N) is 1. The number of carbonyl (C=O) groups is 1. The van der Waals surface area contributed by atoms with Gasteiger partial charge < -0.3 is 14.7 Å². The van der Waals surface area contributed by atoms with E-state index in [0.29, 0.717) is 19.6 Å². The molecule has 1 N–H and O–H groups in total. The maximum atomic E-state index is 10.6. The van der Waals surface area contributed by atoms with Gasteiger partial charge in [-0.05, 0) is 0 Å². The Kier molecular flexibility index (Phi) is 1.95. The van der Waals surface area contributed by atoms with E-state index in [4.69, 9.17) is 14.7 Å². The zero-order valence-electron chi connectivity index (χ0n) is 7.15. The number of oxime groups is 1. The van der Waals surface area contributed by atoms with Crippen molar-refractivity contribution in [3.63, 3.8) is 0 Å². The van der Waals surface area contributed by atoms with Crippen LogP contribution in [0, 0.1) is 0 Å². The maximum absolute atomic E-state index is 10.6. The molecule has 5 nitrogen and oxygen atoms in total. The summed E-state index contributed by atoms with van der Waals surface area (Å²) in [6, 6.07) is 0. The normalized spacial score (nSPS) is 25.4. The molecule has 2 aliphatic rings. The summed E-state index contributed by atoms with van der Waals surface area (Å²) in [5.74, 6) is -0.983. The summed E-state index contributed by atoms with van der Waals surface area (Å²) in [5.41, 5.74) is -0.256. The van der Waals surface area contributed by atoms with Gasteiger partial charge in [-0.2, -0.15) is 0 Å². The van der Waals surface area contributed by atoms with E-state index in [9.17, 15) is 4.79 Å². The molecule has 2 heterocycles. The van der Waals surface area contributed by atoms with E-state index in [0.717, 1.165) is 12.8 Å². The second-order valence-corrected chi connectivity index (χ2v) is 3.41. The molecule has 5 heteroatoms. The lowest BCUT2D eigenvalue weighted by Crippen LogP contribution is -2.37. The molecule has 0 radical (unpaired) electrons. The fourth-order valence-electron chi connectivity index (χ4n) is 1.65. The van der Waals surface area contributed by atoms with Crippen LogP contribution in [-0.4, -0.2) is 35.6 Å². The van der Waals surface area contributed by atoms with Gasteiger partial charge in [0.25, 0.3) is 0 Å². The highest BCUT2D eigenvalue weighted by atomic mass is 16.7. The van der Waals surface area contributed by atoms with Crippen molar-refractivity contribution >= 4 is 11.7 Å². The first-order chi connectivity index (χ1) is 6.22. The molecule has 0 aromatic rings. The van der Waals surface area contributed by atoms with Gasteiger partial charge in [-0.15, -0.1) is 0 Å². The molecule has 13 heavy (non-hydrogen) atoms. The van der Waals surface area contributed by atoms with Crippen LogP contribution >= 0.6 is 0 Å². The number of carboxylic acids is 1. The van der Waals surface area contributed by atoms with E-state index in [2.05, 4.69) is 5.16 Å². The van der Waals surface area contributed by atoms with E-state index in [1.54, 1.807) is 0 Å². The zero-order chi connectivity index (χ0) is 9.31. The molecule has 1 spiro atoms. The molecule has 0 aliphatic carbocycles.